The minimum absolute atomic E-state index is 0.0948. The molecule has 1 saturated heterocycles. The number of hydrogen-bond acceptors (Lipinski definition) is 5. The van der Waals surface area contributed by atoms with Gasteiger partial charge >= 0.3 is 0 Å². The van der Waals surface area contributed by atoms with Gasteiger partial charge in [-0.2, -0.15) is 0 Å². The zero-order valence-corrected chi connectivity index (χ0v) is 23.6. The van der Waals surface area contributed by atoms with Crippen LogP contribution in [-0.2, 0) is 0 Å². The van der Waals surface area contributed by atoms with Crippen LogP contribution in [0.4, 0.5) is 5.69 Å². The second-order valence-electron chi connectivity index (χ2n) is 11.1. The molecule has 1 unspecified atom stereocenters. The molecule has 1 aromatic heterocycles. The highest BCUT2D eigenvalue weighted by atomic mass is 35.5. The number of ketones is 3. The van der Waals surface area contributed by atoms with Gasteiger partial charge in [-0.05, 0) is 52.3 Å². The fraction of sp³-hybridized carbons (Fsp3) is 0.206. The molecule has 3 heterocycles. The van der Waals surface area contributed by atoms with E-state index in [1.165, 1.54) is 11.3 Å². The summed E-state index contributed by atoms with van der Waals surface area (Å²) in [4.78, 5) is 46.5. The molecule has 3 aliphatic rings. The minimum Gasteiger partial charge on any atom is -0.352 e. The van der Waals surface area contributed by atoms with Crippen LogP contribution >= 0.6 is 22.9 Å². The maximum atomic E-state index is 14.7. The lowest BCUT2D eigenvalue weighted by Gasteiger charge is -2.37. The molecule has 0 radical (unpaired) electrons. The van der Waals surface area contributed by atoms with Crippen LogP contribution in [0.5, 0.6) is 0 Å². The number of benzene rings is 3. The third-order valence-electron chi connectivity index (χ3n) is 8.76. The van der Waals surface area contributed by atoms with Crippen molar-refractivity contribution in [1.29, 1.82) is 0 Å². The summed E-state index contributed by atoms with van der Waals surface area (Å²) in [5, 5.41) is 2.46. The van der Waals surface area contributed by atoms with E-state index in [0.29, 0.717) is 26.9 Å². The maximum absolute atomic E-state index is 14.7. The monoisotopic (exact) mass is 563 g/mol. The summed E-state index contributed by atoms with van der Waals surface area (Å²) in [5.74, 6) is -0.913. The summed E-state index contributed by atoms with van der Waals surface area (Å²) >= 11 is 7.75. The highest BCUT2D eigenvalue weighted by molar-refractivity contribution is 7.12. The van der Waals surface area contributed by atoms with Crippen molar-refractivity contribution in [3.63, 3.8) is 0 Å². The van der Waals surface area contributed by atoms with E-state index in [0.717, 1.165) is 22.4 Å². The van der Waals surface area contributed by atoms with Crippen LogP contribution in [0, 0.1) is 5.41 Å². The second-order valence-corrected chi connectivity index (χ2v) is 12.5. The quantitative estimate of drug-likeness (QED) is 0.187. The number of thiophene rings is 1. The van der Waals surface area contributed by atoms with Gasteiger partial charge in [0.15, 0.2) is 17.3 Å². The lowest BCUT2D eigenvalue weighted by molar-refractivity contribution is 0.0666. The molecule has 0 bridgehead atoms. The third kappa shape index (κ3) is 3.34. The molecule has 198 valence electrons. The maximum Gasteiger partial charge on any atom is 0.195 e. The SMILES string of the molecule is CC(C)c1ccc([C@H]2[C@H](C(=O)c3cccs3)N3c4ccc(Cl)cc4C=CC3C23C(=O)c2ccccc2C3=O)cc1. The Morgan fingerprint density at radius 2 is 1.62 bits per heavy atom. The van der Waals surface area contributed by atoms with Crippen molar-refractivity contribution in [3.05, 3.63) is 128 Å². The van der Waals surface area contributed by atoms with E-state index in [4.69, 9.17) is 11.6 Å². The smallest absolute Gasteiger partial charge is 0.195 e. The molecular formula is C34H26ClNO3S. The molecule has 7 rings (SSSR count). The predicted molar refractivity (Wildman–Crippen MR) is 160 cm³/mol. The van der Waals surface area contributed by atoms with Crippen LogP contribution < -0.4 is 4.90 Å². The number of carbonyl (C=O) groups excluding carboxylic acids is 3. The molecule has 3 aromatic carbocycles. The Hall–Kier alpha value is -3.80. The third-order valence-corrected chi connectivity index (χ3v) is 9.88. The first-order valence-corrected chi connectivity index (χ1v) is 14.7. The molecule has 4 aromatic rings. The van der Waals surface area contributed by atoms with Crippen LogP contribution in [0.25, 0.3) is 6.08 Å². The Bertz CT molecular complexity index is 1690. The first kappa shape index (κ1) is 25.2. The van der Waals surface area contributed by atoms with E-state index in [1.807, 2.05) is 58.8 Å². The van der Waals surface area contributed by atoms with Gasteiger partial charge in [-0.25, -0.2) is 0 Å². The number of rotatable bonds is 4. The lowest BCUT2D eigenvalue weighted by Crippen LogP contribution is -2.48. The number of carbonyl (C=O) groups is 3. The molecule has 3 atom stereocenters. The van der Waals surface area contributed by atoms with Gasteiger partial charge in [-0.15, -0.1) is 11.3 Å². The molecule has 0 amide bonds. The van der Waals surface area contributed by atoms with Gasteiger partial charge in [0.05, 0.1) is 10.9 Å². The average Bonchev–Trinajstić information content (AvgIpc) is 3.66. The molecule has 1 spiro atoms. The predicted octanol–water partition coefficient (Wildman–Crippen LogP) is 7.84. The van der Waals surface area contributed by atoms with E-state index >= 15 is 0 Å². The van der Waals surface area contributed by atoms with Crippen molar-refractivity contribution < 1.29 is 14.4 Å². The summed E-state index contributed by atoms with van der Waals surface area (Å²) in [6, 6.07) is 23.0. The van der Waals surface area contributed by atoms with E-state index in [-0.39, 0.29) is 17.3 Å². The number of hydrogen-bond donors (Lipinski definition) is 0. The van der Waals surface area contributed by atoms with Gasteiger partial charge in [0.25, 0.3) is 0 Å². The largest absolute Gasteiger partial charge is 0.352 e. The van der Waals surface area contributed by atoms with E-state index < -0.39 is 23.4 Å². The fourth-order valence-electron chi connectivity index (χ4n) is 6.97. The summed E-state index contributed by atoms with van der Waals surface area (Å²) in [5.41, 5.74) is 2.98. The van der Waals surface area contributed by atoms with Crippen molar-refractivity contribution in [3.8, 4) is 0 Å². The fourth-order valence-corrected chi connectivity index (χ4v) is 7.85. The minimum atomic E-state index is -1.49. The van der Waals surface area contributed by atoms with Crippen LogP contribution in [0.2, 0.25) is 5.02 Å². The van der Waals surface area contributed by atoms with Crippen molar-refractivity contribution in [2.24, 2.45) is 5.41 Å². The van der Waals surface area contributed by atoms with Crippen molar-refractivity contribution in [1.82, 2.24) is 0 Å². The number of Topliss-reactive ketones (excluding diaryl/α,β-unsaturated/α-hetero) is 3. The summed E-state index contributed by atoms with van der Waals surface area (Å²) in [6.45, 7) is 4.26. The molecule has 1 fully saturated rings. The van der Waals surface area contributed by atoms with Crippen molar-refractivity contribution in [2.45, 2.75) is 37.8 Å². The lowest BCUT2D eigenvalue weighted by atomic mass is 9.64. The van der Waals surface area contributed by atoms with E-state index in [1.54, 1.807) is 30.3 Å². The summed E-state index contributed by atoms with van der Waals surface area (Å²) in [7, 11) is 0. The number of anilines is 1. The molecule has 6 heteroatoms. The normalized spacial score (nSPS) is 22.1. The van der Waals surface area contributed by atoms with Gasteiger partial charge in [0, 0.05) is 27.8 Å². The zero-order valence-electron chi connectivity index (χ0n) is 22.0. The Morgan fingerprint density at radius 1 is 0.925 bits per heavy atom. The number of fused-ring (bicyclic) bond motifs is 5. The summed E-state index contributed by atoms with van der Waals surface area (Å²) < 4.78 is 0. The molecule has 4 nitrogen and oxygen atoms in total. The summed E-state index contributed by atoms with van der Waals surface area (Å²) in [6.07, 6.45) is 3.86. The first-order chi connectivity index (χ1) is 19.3. The molecule has 0 saturated carbocycles. The first-order valence-electron chi connectivity index (χ1n) is 13.5. The van der Waals surface area contributed by atoms with Crippen LogP contribution in [-0.4, -0.2) is 29.4 Å². The van der Waals surface area contributed by atoms with Crippen molar-refractivity contribution >= 4 is 52.1 Å². The zero-order chi connectivity index (χ0) is 27.8. The molecular weight excluding hydrogens is 538 g/mol. The Morgan fingerprint density at radius 3 is 2.25 bits per heavy atom. The molecule has 40 heavy (non-hydrogen) atoms. The Kier molecular flexibility index (Phi) is 5.74. The number of halogens is 1. The van der Waals surface area contributed by atoms with Crippen LogP contribution in [0.15, 0.2) is 90.3 Å². The van der Waals surface area contributed by atoms with Gasteiger partial charge in [0.2, 0.25) is 0 Å². The van der Waals surface area contributed by atoms with Gasteiger partial charge < -0.3 is 4.90 Å². The Balaban J connectivity index is 1.54. The Labute approximate surface area is 241 Å². The second kappa shape index (κ2) is 9.12. The number of nitrogens with zero attached hydrogens (tertiary/aromatic N) is 1. The highest BCUT2D eigenvalue weighted by Crippen LogP contribution is 2.61. The molecule has 0 N–H and O–H groups in total. The average molecular weight is 564 g/mol. The van der Waals surface area contributed by atoms with Gasteiger partial charge in [0.1, 0.15) is 11.5 Å². The molecule has 1 aliphatic carbocycles. The molecule has 2 aliphatic heterocycles. The van der Waals surface area contributed by atoms with Crippen LogP contribution in [0.3, 0.4) is 0 Å². The standard InChI is InChI=1S/C34H26ClNO3S/c1-19(2)20-9-11-21(12-10-20)29-30(31(37)27-8-5-17-40-27)36-26-15-14-23(35)18-22(26)13-16-28(36)34(29)32(38)24-6-3-4-7-25(24)33(34)39/h3-19,28-30H,1-2H3/t28?,29-,30+/m0/s1. The van der Waals surface area contributed by atoms with E-state index in [9.17, 15) is 14.4 Å². The van der Waals surface area contributed by atoms with Crippen LogP contribution in [0.1, 0.15) is 72.8 Å². The van der Waals surface area contributed by atoms with E-state index in [2.05, 4.69) is 26.0 Å². The highest BCUT2D eigenvalue weighted by Gasteiger charge is 2.71. The van der Waals surface area contributed by atoms with Crippen molar-refractivity contribution in [2.75, 3.05) is 4.90 Å². The van der Waals surface area contributed by atoms with Gasteiger partial charge in [-0.1, -0.05) is 92.2 Å². The topological polar surface area (TPSA) is 54.5 Å². The van der Waals surface area contributed by atoms with Gasteiger partial charge in [-0.3, -0.25) is 14.4 Å².